The fourth-order valence-corrected chi connectivity index (χ4v) is 1.97. The molecule has 0 bridgehead atoms. The molecule has 0 spiro atoms. The monoisotopic (exact) mass is 256 g/mol. The summed E-state index contributed by atoms with van der Waals surface area (Å²) < 4.78 is 5.31. The van der Waals surface area contributed by atoms with Crippen LogP contribution in [-0.4, -0.2) is 56.8 Å². The number of rotatable bonds is 8. The van der Waals surface area contributed by atoms with Gasteiger partial charge in [-0.05, 0) is 12.8 Å². The van der Waals surface area contributed by atoms with Gasteiger partial charge in [0.2, 0.25) is 0 Å². The van der Waals surface area contributed by atoms with Crippen LogP contribution < -0.4 is 11.1 Å². The number of nitrogens with one attached hydrogen (secondary N) is 1. The number of hydrogen-bond acceptors (Lipinski definition) is 3. The molecule has 5 heteroatoms. The van der Waals surface area contributed by atoms with Crippen LogP contribution in [0.1, 0.15) is 32.6 Å². The largest absolute Gasteiger partial charge is 0.379 e. The van der Waals surface area contributed by atoms with Crippen molar-refractivity contribution in [1.29, 1.82) is 0 Å². The van der Waals surface area contributed by atoms with Crippen LogP contribution >= 0.6 is 0 Å². The zero-order valence-corrected chi connectivity index (χ0v) is 11.7. The van der Waals surface area contributed by atoms with Gasteiger partial charge in [-0.15, -0.1) is 0 Å². The van der Waals surface area contributed by atoms with Crippen molar-refractivity contribution in [3.8, 4) is 0 Å². The first-order chi connectivity index (χ1) is 8.83. The molecule has 0 amide bonds. The van der Waals surface area contributed by atoms with Crippen LogP contribution in [-0.2, 0) is 4.74 Å². The van der Waals surface area contributed by atoms with E-state index in [1.165, 1.54) is 19.3 Å². The number of aliphatic imine (C=N–C) groups is 1. The average molecular weight is 256 g/mol. The predicted octanol–water partition coefficient (Wildman–Crippen LogP) is 0.803. The predicted molar refractivity (Wildman–Crippen MR) is 75.9 cm³/mol. The Balaban J connectivity index is 1.97. The van der Waals surface area contributed by atoms with E-state index in [0.717, 1.165) is 52.4 Å². The van der Waals surface area contributed by atoms with Crippen LogP contribution in [0.15, 0.2) is 4.99 Å². The van der Waals surface area contributed by atoms with Gasteiger partial charge >= 0.3 is 0 Å². The standard InChI is InChI=1S/C13H28N4O/c1-2-3-4-6-15-13(14)16-7-5-8-17-9-11-18-12-10-17/h2-12H2,1H3,(H3,14,15,16). The number of unbranched alkanes of at least 4 members (excludes halogenated alkanes) is 2. The Kier molecular flexibility index (Phi) is 8.59. The number of hydrogen-bond donors (Lipinski definition) is 2. The molecule has 5 nitrogen and oxygen atoms in total. The fourth-order valence-electron chi connectivity index (χ4n) is 1.97. The first-order valence-corrected chi connectivity index (χ1v) is 7.17. The maximum atomic E-state index is 5.78. The van der Waals surface area contributed by atoms with E-state index in [2.05, 4.69) is 22.1 Å². The van der Waals surface area contributed by atoms with Crippen LogP contribution in [0.2, 0.25) is 0 Å². The van der Waals surface area contributed by atoms with E-state index < -0.39 is 0 Å². The maximum Gasteiger partial charge on any atom is 0.188 e. The Morgan fingerprint density at radius 3 is 2.78 bits per heavy atom. The molecule has 0 aromatic heterocycles. The van der Waals surface area contributed by atoms with E-state index in [1.807, 2.05) is 0 Å². The third-order valence-electron chi connectivity index (χ3n) is 3.10. The topological polar surface area (TPSA) is 62.9 Å². The lowest BCUT2D eigenvalue weighted by molar-refractivity contribution is 0.0377. The summed E-state index contributed by atoms with van der Waals surface area (Å²) in [6.07, 6.45) is 4.72. The van der Waals surface area contributed by atoms with Crippen LogP contribution in [0, 0.1) is 0 Å². The molecule has 0 aromatic rings. The van der Waals surface area contributed by atoms with Gasteiger partial charge in [0.05, 0.1) is 13.2 Å². The van der Waals surface area contributed by atoms with Gasteiger partial charge in [-0.2, -0.15) is 0 Å². The molecule has 0 unspecified atom stereocenters. The van der Waals surface area contributed by atoms with Crippen molar-refractivity contribution in [3.63, 3.8) is 0 Å². The molecule has 0 atom stereocenters. The molecule has 0 radical (unpaired) electrons. The number of nitrogens with zero attached hydrogens (tertiary/aromatic N) is 2. The second-order valence-corrected chi connectivity index (χ2v) is 4.71. The van der Waals surface area contributed by atoms with E-state index in [9.17, 15) is 0 Å². The molecule has 106 valence electrons. The molecule has 1 aliphatic heterocycles. The SMILES string of the molecule is CCCCCNC(N)=NCCCN1CCOCC1. The lowest BCUT2D eigenvalue weighted by Gasteiger charge is -2.26. The number of morpholine rings is 1. The lowest BCUT2D eigenvalue weighted by Crippen LogP contribution is -2.37. The molecule has 1 rings (SSSR count). The highest BCUT2D eigenvalue weighted by atomic mass is 16.5. The number of ether oxygens (including phenoxy) is 1. The molecular formula is C13H28N4O. The van der Waals surface area contributed by atoms with Crippen molar-refractivity contribution in [2.45, 2.75) is 32.6 Å². The molecule has 0 aliphatic carbocycles. The minimum absolute atomic E-state index is 0.591. The minimum atomic E-state index is 0.591. The summed E-state index contributed by atoms with van der Waals surface area (Å²) in [6, 6.07) is 0. The summed E-state index contributed by atoms with van der Waals surface area (Å²) in [6.45, 7) is 8.87. The third-order valence-corrected chi connectivity index (χ3v) is 3.10. The molecule has 3 N–H and O–H groups in total. The highest BCUT2D eigenvalue weighted by molar-refractivity contribution is 5.77. The summed E-state index contributed by atoms with van der Waals surface area (Å²) in [7, 11) is 0. The highest BCUT2D eigenvalue weighted by Crippen LogP contribution is 1.98. The Bertz CT molecular complexity index is 227. The Morgan fingerprint density at radius 2 is 2.06 bits per heavy atom. The van der Waals surface area contributed by atoms with E-state index in [1.54, 1.807) is 0 Å². The summed E-state index contributed by atoms with van der Waals surface area (Å²) in [4.78, 5) is 6.75. The van der Waals surface area contributed by atoms with Gasteiger partial charge in [0.1, 0.15) is 0 Å². The van der Waals surface area contributed by atoms with E-state index in [4.69, 9.17) is 10.5 Å². The zero-order chi connectivity index (χ0) is 13.1. The van der Waals surface area contributed by atoms with Gasteiger partial charge < -0.3 is 15.8 Å². The highest BCUT2D eigenvalue weighted by Gasteiger charge is 2.08. The molecule has 18 heavy (non-hydrogen) atoms. The van der Waals surface area contributed by atoms with Gasteiger partial charge in [-0.3, -0.25) is 9.89 Å². The van der Waals surface area contributed by atoms with Crippen molar-refractivity contribution in [2.24, 2.45) is 10.7 Å². The van der Waals surface area contributed by atoms with Crippen LogP contribution in [0.25, 0.3) is 0 Å². The van der Waals surface area contributed by atoms with Gasteiger partial charge in [0.25, 0.3) is 0 Å². The fraction of sp³-hybridized carbons (Fsp3) is 0.923. The third kappa shape index (κ3) is 7.50. The summed E-state index contributed by atoms with van der Waals surface area (Å²) in [5.41, 5.74) is 5.78. The van der Waals surface area contributed by atoms with Crippen molar-refractivity contribution in [3.05, 3.63) is 0 Å². The molecule has 1 aliphatic rings. The van der Waals surface area contributed by atoms with Crippen molar-refractivity contribution >= 4 is 5.96 Å². The molecule has 0 saturated carbocycles. The maximum absolute atomic E-state index is 5.78. The normalized spacial score (nSPS) is 17.9. The molecule has 0 aromatic carbocycles. The Morgan fingerprint density at radius 1 is 1.28 bits per heavy atom. The van der Waals surface area contributed by atoms with Gasteiger partial charge in [-0.1, -0.05) is 19.8 Å². The zero-order valence-electron chi connectivity index (χ0n) is 11.7. The minimum Gasteiger partial charge on any atom is -0.379 e. The molecule has 1 saturated heterocycles. The first kappa shape index (κ1) is 15.2. The Labute approximate surface area is 111 Å². The number of guanidine groups is 1. The molecule has 1 fully saturated rings. The lowest BCUT2D eigenvalue weighted by atomic mass is 10.2. The van der Waals surface area contributed by atoms with Crippen molar-refractivity contribution < 1.29 is 4.74 Å². The quantitative estimate of drug-likeness (QED) is 0.383. The van der Waals surface area contributed by atoms with E-state index in [0.29, 0.717) is 5.96 Å². The van der Waals surface area contributed by atoms with E-state index >= 15 is 0 Å². The average Bonchev–Trinajstić information content (AvgIpc) is 2.41. The van der Waals surface area contributed by atoms with Crippen LogP contribution in [0.4, 0.5) is 0 Å². The van der Waals surface area contributed by atoms with Crippen molar-refractivity contribution in [1.82, 2.24) is 10.2 Å². The van der Waals surface area contributed by atoms with Gasteiger partial charge in [0.15, 0.2) is 5.96 Å². The summed E-state index contributed by atoms with van der Waals surface area (Å²) in [5, 5.41) is 3.15. The van der Waals surface area contributed by atoms with Gasteiger partial charge in [-0.25, -0.2) is 0 Å². The van der Waals surface area contributed by atoms with Gasteiger partial charge in [0, 0.05) is 32.7 Å². The second-order valence-electron chi connectivity index (χ2n) is 4.71. The molecular weight excluding hydrogens is 228 g/mol. The first-order valence-electron chi connectivity index (χ1n) is 7.17. The summed E-state index contributed by atoms with van der Waals surface area (Å²) >= 11 is 0. The van der Waals surface area contributed by atoms with Crippen molar-refractivity contribution in [2.75, 3.05) is 45.9 Å². The number of nitrogens with two attached hydrogens (primary N) is 1. The summed E-state index contributed by atoms with van der Waals surface area (Å²) in [5.74, 6) is 0.591. The molecule has 1 heterocycles. The van der Waals surface area contributed by atoms with Crippen LogP contribution in [0.3, 0.4) is 0 Å². The Hall–Kier alpha value is -0.810. The smallest absolute Gasteiger partial charge is 0.188 e. The van der Waals surface area contributed by atoms with Crippen LogP contribution in [0.5, 0.6) is 0 Å². The second kappa shape index (κ2) is 10.1. The van der Waals surface area contributed by atoms with E-state index in [-0.39, 0.29) is 0 Å².